The summed E-state index contributed by atoms with van der Waals surface area (Å²) in [5.41, 5.74) is 0. The minimum Gasteiger partial charge on any atom is -0.237 e. The van der Waals surface area contributed by atoms with Crippen LogP contribution >= 0.6 is 12.0 Å². The Balaban J connectivity index is 1.97. The Bertz CT molecular complexity index is 10.0. The molecule has 0 aliphatic rings. The third kappa shape index (κ3) is 2.24. The van der Waals surface area contributed by atoms with Crippen LogP contribution in [0.4, 0.5) is 4.39 Å². The van der Waals surface area contributed by atoms with Gasteiger partial charge < -0.3 is 0 Å². The highest BCUT2D eigenvalue weighted by Crippen LogP contribution is 1.87. The van der Waals surface area contributed by atoms with Crippen LogP contribution in [-0.4, -0.2) is 6.01 Å². The SMILES string of the molecule is [O]SCF. The molecular formula is CH2FOS. The summed E-state index contributed by atoms with van der Waals surface area (Å²) in [6, 6.07) is -0.819. The number of halogens is 1. The first-order valence-corrected chi connectivity index (χ1v) is 1.63. The molecule has 1 nitrogen and oxygen atoms in total. The lowest BCUT2D eigenvalue weighted by Gasteiger charge is -1.60. The molecule has 3 heteroatoms. The van der Waals surface area contributed by atoms with E-state index in [2.05, 4.69) is 0 Å². The molecule has 0 fully saturated rings. The quantitative estimate of drug-likeness (QED) is 0.431. The number of hydrogen-bond donors (Lipinski definition) is 0. The molecule has 0 bridgehead atoms. The van der Waals surface area contributed by atoms with Crippen LogP contribution in [0.2, 0.25) is 0 Å². The van der Waals surface area contributed by atoms with Gasteiger partial charge in [0.2, 0.25) is 0 Å². The zero-order valence-electron chi connectivity index (χ0n) is 1.90. The highest BCUT2D eigenvalue weighted by molar-refractivity contribution is 7.93. The van der Waals surface area contributed by atoms with Crippen molar-refractivity contribution in [3.63, 3.8) is 0 Å². The smallest absolute Gasteiger partial charge is 0.164 e. The second-order valence-electron chi connectivity index (χ2n) is 0.227. The zero-order chi connectivity index (χ0) is 3.41. The molecule has 0 atom stereocenters. The maximum atomic E-state index is 10.4. The van der Waals surface area contributed by atoms with E-state index >= 15 is 0 Å². The first-order chi connectivity index (χ1) is 1.91. The highest BCUT2D eigenvalue weighted by Gasteiger charge is 1.66. The summed E-state index contributed by atoms with van der Waals surface area (Å²) in [6.45, 7) is 0. The molecule has 0 spiro atoms. The largest absolute Gasteiger partial charge is 0.237 e. The molecule has 0 heterocycles. The Morgan fingerprint density at radius 3 is 2.25 bits per heavy atom. The van der Waals surface area contributed by atoms with Crippen LogP contribution in [0.15, 0.2) is 0 Å². The molecular weight excluding hydrogens is 79.1 g/mol. The second kappa shape index (κ2) is 3.24. The van der Waals surface area contributed by atoms with E-state index in [-0.39, 0.29) is 12.0 Å². The van der Waals surface area contributed by atoms with Crippen LogP contribution in [-0.2, 0) is 4.55 Å². The summed E-state index contributed by atoms with van der Waals surface area (Å²) in [4.78, 5) is 0. The predicted molar refractivity (Wildman–Crippen MR) is 14.3 cm³/mol. The molecule has 4 heavy (non-hydrogen) atoms. The first-order valence-electron chi connectivity index (χ1n) is 0.723. The lowest BCUT2D eigenvalue weighted by molar-refractivity contribution is 0.502. The van der Waals surface area contributed by atoms with E-state index in [9.17, 15) is 4.39 Å². The van der Waals surface area contributed by atoms with Crippen LogP contribution in [0.5, 0.6) is 0 Å². The van der Waals surface area contributed by atoms with Gasteiger partial charge in [0.1, 0.15) is 0 Å². The molecule has 0 aromatic heterocycles. The fourth-order valence-electron chi connectivity index (χ4n) is 0. The molecule has 0 N–H and O–H groups in total. The van der Waals surface area contributed by atoms with E-state index < -0.39 is 6.01 Å². The molecule has 0 saturated heterocycles. The van der Waals surface area contributed by atoms with E-state index in [0.717, 1.165) is 0 Å². The Morgan fingerprint density at radius 2 is 2.25 bits per heavy atom. The maximum Gasteiger partial charge on any atom is 0.164 e. The monoisotopic (exact) mass is 81.0 g/mol. The third-order valence-electron chi connectivity index (χ3n) is 0.0445. The average molecular weight is 81.1 g/mol. The molecule has 0 unspecified atom stereocenters. The van der Waals surface area contributed by atoms with Gasteiger partial charge in [-0.05, 0) is 0 Å². The summed E-state index contributed by atoms with van der Waals surface area (Å²) in [5, 5.41) is 0. The van der Waals surface area contributed by atoms with E-state index in [1.807, 2.05) is 0 Å². The van der Waals surface area contributed by atoms with Crippen LogP contribution in [0.1, 0.15) is 0 Å². The third-order valence-corrected chi connectivity index (χ3v) is 0.134. The van der Waals surface area contributed by atoms with E-state index in [1.165, 1.54) is 0 Å². The summed E-state index contributed by atoms with van der Waals surface area (Å²) in [7, 11) is 0. The molecule has 0 aliphatic carbocycles. The van der Waals surface area contributed by atoms with Crippen molar-refractivity contribution in [3.05, 3.63) is 0 Å². The second-order valence-corrected chi connectivity index (χ2v) is 0.681. The number of alkyl halides is 1. The summed E-state index contributed by atoms with van der Waals surface area (Å²) in [5.74, 6) is 0. The van der Waals surface area contributed by atoms with Gasteiger partial charge in [-0.2, -0.15) is 0 Å². The standard InChI is InChI=1S/CH2FOS/c2-1-4-3/h1H2. The van der Waals surface area contributed by atoms with Crippen molar-refractivity contribution in [1.29, 1.82) is 0 Å². The van der Waals surface area contributed by atoms with E-state index in [4.69, 9.17) is 4.55 Å². The average Bonchev–Trinajstić information content (AvgIpc) is 1.37. The molecule has 0 aliphatic heterocycles. The topological polar surface area (TPSA) is 19.9 Å². The molecule has 0 amide bonds. The molecule has 0 rings (SSSR count). The van der Waals surface area contributed by atoms with E-state index in [0.29, 0.717) is 0 Å². The van der Waals surface area contributed by atoms with Gasteiger partial charge in [0, 0.05) is 0 Å². The van der Waals surface area contributed by atoms with Gasteiger partial charge in [0.25, 0.3) is 0 Å². The van der Waals surface area contributed by atoms with Gasteiger partial charge >= 0.3 is 0 Å². The van der Waals surface area contributed by atoms with Crippen molar-refractivity contribution < 1.29 is 8.94 Å². The first kappa shape index (κ1) is 4.24. The van der Waals surface area contributed by atoms with Crippen LogP contribution in [0.25, 0.3) is 0 Å². The molecule has 0 saturated carbocycles. The minimum absolute atomic E-state index is 0.0602. The molecule has 25 valence electrons. The summed E-state index contributed by atoms with van der Waals surface area (Å²) < 4.78 is 19.2. The van der Waals surface area contributed by atoms with Crippen LogP contribution < -0.4 is 0 Å². The molecule has 1 radical (unpaired) electrons. The van der Waals surface area contributed by atoms with Gasteiger partial charge in [-0.15, -0.1) is 4.55 Å². The van der Waals surface area contributed by atoms with Gasteiger partial charge in [-0.3, -0.25) is 0 Å². The number of rotatable bonds is 1. The van der Waals surface area contributed by atoms with Crippen molar-refractivity contribution in [3.8, 4) is 0 Å². The lowest BCUT2D eigenvalue weighted by Crippen LogP contribution is -1.46. The zero-order valence-corrected chi connectivity index (χ0v) is 2.72. The lowest BCUT2D eigenvalue weighted by atomic mass is 11.8. The highest BCUT2D eigenvalue weighted by atomic mass is 32.2. The van der Waals surface area contributed by atoms with Crippen LogP contribution in [0.3, 0.4) is 0 Å². The van der Waals surface area contributed by atoms with Crippen molar-refractivity contribution in [2.75, 3.05) is 6.01 Å². The normalized spacial score (nSPS) is 7.50. The van der Waals surface area contributed by atoms with Gasteiger partial charge in [0.15, 0.2) is 6.01 Å². The Morgan fingerprint density at radius 1 is 2.00 bits per heavy atom. The van der Waals surface area contributed by atoms with Crippen LogP contribution in [0, 0.1) is 0 Å². The predicted octanol–water partition coefficient (Wildman–Crippen LogP) is 0.992. The maximum absolute atomic E-state index is 10.4. The van der Waals surface area contributed by atoms with Gasteiger partial charge in [-0.25, -0.2) is 4.39 Å². The Labute approximate surface area is 28.0 Å². The fourth-order valence-corrected chi connectivity index (χ4v) is 0. The Kier molecular flexibility index (Phi) is 3.43. The van der Waals surface area contributed by atoms with Crippen molar-refractivity contribution in [2.24, 2.45) is 0 Å². The fraction of sp³-hybridized carbons (Fsp3) is 1.00. The Hall–Kier alpha value is 0.240. The van der Waals surface area contributed by atoms with Crippen molar-refractivity contribution in [1.82, 2.24) is 0 Å². The van der Waals surface area contributed by atoms with Crippen molar-refractivity contribution >= 4 is 12.0 Å². The van der Waals surface area contributed by atoms with E-state index in [1.54, 1.807) is 0 Å². The van der Waals surface area contributed by atoms with Gasteiger partial charge in [0.05, 0.1) is 12.0 Å². The van der Waals surface area contributed by atoms with Crippen molar-refractivity contribution in [2.45, 2.75) is 0 Å². The minimum atomic E-state index is -0.819. The van der Waals surface area contributed by atoms with Gasteiger partial charge in [-0.1, -0.05) is 0 Å². The number of hydrogen-bond acceptors (Lipinski definition) is 1. The molecule has 0 aromatic rings. The summed E-state index contributed by atoms with van der Waals surface area (Å²) >= 11 is -0.0602. The molecule has 0 aromatic carbocycles. The summed E-state index contributed by atoms with van der Waals surface area (Å²) in [6.07, 6.45) is 0.